The van der Waals surface area contributed by atoms with E-state index in [1.54, 1.807) is 37.3 Å². The first-order valence-corrected chi connectivity index (χ1v) is 7.41. The standard InChI is InChI=1S/C16H14Cl2N2O2/c1-2-20(14-6-4-3-5-7-14)16(22)15(21)19-13-9-11(17)8-12(18)10-13/h3-10H,2H2,1H3,(H,19,21). The van der Waals surface area contributed by atoms with E-state index in [1.807, 2.05) is 6.07 Å². The van der Waals surface area contributed by atoms with Crippen molar-refractivity contribution in [3.05, 3.63) is 58.6 Å². The molecule has 6 heteroatoms. The van der Waals surface area contributed by atoms with Crippen molar-refractivity contribution in [1.29, 1.82) is 0 Å². The number of halogens is 2. The van der Waals surface area contributed by atoms with Crippen LogP contribution in [0.25, 0.3) is 0 Å². The Balaban J connectivity index is 2.16. The van der Waals surface area contributed by atoms with E-state index in [2.05, 4.69) is 5.32 Å². The number of nitrogens with one attached hydrogen (secondary N) is 1. The summed E-state index contributed by atoms with van der Waals surface area (Å²) in [6, 6.07) is 13.6. The summed E-state index contributed by atoms with van der Waals surface area (Å²) in [6.07, 6.45) is 0. The molecule has 0 fully saturated rings. The third kappa shape index (κ3) is 4.00. The summed E-state index contributed by atoms with van der Waals surface area (Å²) in [6.45, 7) is 2.18. The number of benzene rings is 2. The minimum absolute atomic E-state index is 0.375. The van der Waals surface area contributed by atoms with Crippen molar-refractivity contribution in [1.82, 2.24) is 0 Å². The zero-order valence-electron chi connectivity index (χ0n) is 11.8. The molecule has 0 aliphatic carbocycles. The minimum Gasteiger partial charge on any atom is -0.318 e. The topological polar surface area (TPSA) is 49.4 Å². The average Bonchev–Trinajstić information content (AvgIpc) is 2.47. The van der Waals surface area contributed by atoms with Gasteiger partial charge in [-0.2, -0.15) is 0 Å². The predicted octanol–water partition coefficient (Wildman–Crippen LogP) is 3.99. The zero-order chi connectivity index (χ0) is 16.1. The van der Waals surface area contributed by atoms with Gasteiger partial charge in [-0.25, -0.2) is 0 Å². The fourth-order valence-corrected chi connectivity index (χ4v) is 2.51. The summed E-state index contributed by atoms with van der Waals surface area (Å²) >= 11 is 11.7. The van der Waals surface area contributed by atoms with E-state index in [9.17, 15) is 9.59 Å². The van der Waals surface area contributed by atoms with Gasteiger partial charge in [-0.05, 0) is 37.3 Å². The van der Waals surface area contributed by atoms with Crippen LogP contribution < -0.4 is 10.2 Å². The van der Waals surface area contributed by atoms with Crippen LogP contribution >= 0.6 is 23.2 Å². The molecule has 0 aliphatic rings. The van der Waals surface area contributed by atoms with Gasteiger partial charge in [0.1, 0.15) is 0 Å². The molecule has 0 aliphatic heterocycles. The number of likely N-dealkylation sites (N-methyl/N-ethyl adjacent to an activating group) is 1. The molecule has 0 spiro atoms. The fraction of sp³-hybridized carbons (Fsp3) is 0.125. The second-order valence-corrected chi connectivity index (χ2v) is 5.37. The Morgan fingerprint density at radius 3 is 2.18 bits per heavy atom. The lowest BCUT2D eigenvalue weighted by molar-refractivity contribution is -0.134. The molecule has 22 heavy (non-hydrogen) atoms. The van der Waals surface area contributed by atoms with Gasteiger partial charge in [-0.3, -0.25) is 9.59 Å². The van der Waals surface area contributed by atoms with E-state index >= 15 is 0 Å². The Hall–Kier alpha value is -2.04. The van der Waals surface area contributed by atoms with Crippen LogP contribution in [0.2, 0.25) is 10.0 Å². The molecule has 0 atom stereocenters. The number of hydrogen-bond donors (Lipinski definition) is 1. The van der Waals surface area contributed by atoms with Crippen LogP contribution in [-0.2, 0) is 9.59 Å². The monoisotopic (exact) mass is 336 g/mol. The Labute approximate surface area is 138 Å². The van der Waals surface area contributed by atoms with Crippen molar-refractivity contribution in [2.75, 3.05) is 16.8 Å². The van der Waals surface area contributed by atoms with Crippen molar-refractivity contribution < 1.29 is 9.59 Å². The molecule has 2 rings (SSSR count). The van der Waals surface area contributed by atoms with Crippen LogP contribution in [0.3, 0.4) is 0 Å². The van der Waals surface area contributed by atoms with Crippen LogP contribution in [0, 0.1) is 0 Å². The second-order valence-electron chi connectivity index (χ2n) is 4.50. The average molecular weight is 337 g/mol. The summed E-state index contributed by atoms with van der Waals surface area (Å²) in [5.74, 6) is -1.39. The lowest BCUT2D eigenvalue weighted by Crippen LogP contribution is -2.39. The van der Waals surface area contributed by atoms with Gasteiger partial charge >= 0.3 is 11.8 Å². The summed E-state index contributed by atoms with van der Waals surface area (Å²) in [7, 11) is 0. The van der Waals surface area contributed by atoms with Gasteiger partial charge in [0.15, 0.2) is 0 Å². The normalized spacial score (nSPS) is 10.1. The van der Waals surface area contributed by atoms with Gasteiger partial charge in [0, 0.05) is 28.0 Å². The minimum atomic E-state index is -0.746. The highest BCUT2D eigenvalue weighted by Gasteiger charge is 2.22. The SMILES string of the molecule is CCN(C(=O)C(=O)Nc1cc(Cl)cc(Cl)c1)c1ccccc1. The van der Waals surface area contributed by atoms with Gasteiger partial charge in [-0.15, -0.1) is 0 Å². The Morgan fingerprint density at radius 1 is 1.05 bits per heavy atom. The first-order valence-electron chi connectivity index (χ1n) is 6.65. The largest absolute Gasteiger partial charge is 0.318 e. The van der Waals surface area contributed by atoms with Gasteiger partial charge in [0.2, 0.25) is 0 Å². The summed E-state index contributed by atoms with van der Waals surface area (Å²) in [5, 5.41) is 3.27. The molecule has 1 N–H and O–H groups in total. The highest BCUT2D eigenvalue weighted by atomic mass is 35.5. The maximum Gasteiger partial charge on any atom is 0.316 e. The van der Waals surface area contributed by atoms with E-state index < -0.39 is 11.8 Å². The maximum absolute atomic E-state index is 12.3. The number of hydrogen-bond acceptors (Lipinski definition) is 2. The Bertz CT molecular complexity index is 670. The molecule has 0 aromatic heterocycles. The van der Waals surface area contributed by atoms with Crippen molar-refractivity contribution in [3.8, 4) is 0 Å². The molecule has 2 aromatic carbocycles. The Kier molecular flexibility index (Phi) is 5.41. The van der Waals surface area contributed by atoms with E-state index in [4.69, 9.17) is 23.2 Å². The number of carbonyl (C=O) groups excluding carboxylic acids is 2. The molecule has 4 nitrogen and oxygen atoms in total. The first kappa shape index (κ1) is 16.3. The van der Waals surface area contributed by atoms with E-state index in [1.165, 1.54) is 17.0 Å². The molecule has 0 bridgehead atoms. The third-order valence-corrected chi connectivity index (χ3v) is 3.38. The third-order valence-electron chi connectivity index (χ3n) is 2.94. The van der Waals surface area contributed by atoms with Crippen molar-refractivity contribution in [3.63, 3.8) is 0 Å². The number of rotatable bonds is 3. The molecule has 2 aromatic rings. The lowest BCUT2D eigenvalue weighted by atomic mass is 10.2. The number of carbonyl (C=O) groups is 2. The zero-order valence-corrected chi connectivity index (χ0v) is 13.4. The Morgan fingerprint density at radius 2 is 1.64 bits per heavy atom. The smallest absolute Gasteiger partial charge is 0.316 e. The van der Waals surface area contributed by atoms with Crippen LogP contribution in [-0.4, -0.2) is 18.4 Å². The number of para-hydroxylation sites is 1. The maximum atomic E-state index is 12.3. The van der Waals surface area contributed by atoms with E-state index in [-0.39, 0.29) is 0 Å². The van der Waals surface area contributed by atoms with E-state index in [0.717, 1.165) is 0 Å². The molecule has 0 saturated heterocycles. The summed E-state index contributed by atoms with van der Waals surface area (Å²) < 4.78 is 0. The van der Waals surface area contributed by atoms with Crippen LogP contribution in [0.1, 0.15) is 6.92 Å². The molecule has 0 radical (unpaired) electrons. The van der Waals surface area contributed by atoms with Crippen molar-refractivity contribution >= 4 is 46.4 Å². The van der Waals surface area contributed by atoms with E-state index in [0.29, 0.717) is 28.0 Å². The number of nitrogens with zero attached hydrogens (tertiary/aromatic N) is 1. The van der Waals surface area contributed by atoms with Crippen LogP contribution in [0.4, 0.5) is 11.4 Å². The quantitative estimate of drug-likeness (QED) is 0.861. The van der Waals surface area contributed by atoms with Gasteiger partial charge in [0.05, 0.1) is 0 Å². The molecule has 0 heterocycles. The van der Waals surface area contributed by atoms with Gasteiger partial charge < -0.3 is 10.2 Å². The predicted molar refractivity (Wildman–Crippen MR) is 89.6 cm³/mol. The molecule has 2 amide bonds. The fourth-order valence-electron chi connectivity index (χ4n) is 1.98. The van der Waals surface area contributed by atoms with Gasteiger partial charge in [0.25, 0.3) is 0 Å². The molecular weight excluding hydrogens is 323 g/mol. The van der Waals surface area contributed by atoms with Crippen LogP contribution in [0.5, 0.6) is 0 Å². The lowest BCUT2D eigenvalue weighted by Gasteiger charge is -2.20. The molecule has 0 unspecified atom stereocenters. The van der Waals surface area contributed by atoms with Crippen LogP contribution in [0.15, 0.2) is 48.5 Å². The first-order chi connectivity index (χ1) is 10.5. The molecular formula is C16H14Cl2N2O2. The highest BCUT2D eigenvalue weighted by Crippen LogP contribution is 2.22. The molecule has 0 saturated carbocycles. The number of anilines is 2. The number of amides is 2. The second kappa shape index (κ2) is 7.29. The highest BCUT2D eigenvalue weighted by molar-refractivity contribution is 6.44. The summed E-state index contributed by atoms with van der Waals surface area (Å²) in [5.41, 5.74) is 1.04. The molecule has 114 valence electrons. The summed E-state index contributed by atoms with van der Waals surface area (Å²) in [4.78, 5) is 25.8. The van der Waals surface area contributed by atoms with Gasteiger partial charge in [-0.1, -0.05) is 41.4 Å². The van der Waals surface area contributed by atoms with Crippen molar-refractivity contribution in [2.45, 2.75) is 6.92 Å². The van der Waals surface area contributed by atoms with Crippen molar-refractivity contribution in [2.24, 2.45) is 0 Å².